The monoisotopic (exact) mass is 300 g/mol. The fourth-order valence-electron chi connectivity index (χ4n) is 2.57. The number of hydrogen-bond acceptors (Lipinski definition) is 4. The number of hydrogen-bond donors (Lipinski definition) is 2. The van der Waals surface area contributed by atoms with Crippen LogP contribution in [0.25, 0.3) is 0 Å². The lowest BCUT2D eigenvalue weighted by Gasteiger charge is -2.22. The zero-order chi connectivity index (χ0) is 14.6. The molecule has 0 aliphatic carbocycles. The van der Waals surface area contributed by atoms with Crippen LogP contribution < -0.4 is 10.0 Å². The van der Waals surface area contributed by atoms with Crippen LogP contribution in [0.1, 0.15) is 30.5 Å². The van der Waals surface area contributed by atoms with Crippen molar-refractivity contribution in [3.8, 4) is 0 Å². The van der Waals surface area contributed by atoms with Crippen LogP contribution >= 0.6 is 0 Å². The van der Waals surface area contributed by atoms with Crippen molar-refractivity contribution in [3.05, 3.63) is 17.5 Å². The summed E-state index contributed by atoms with van der Waals surface area (Å²) in [5.41, 5.74) is 1.80. The molecule has 0 saturated carbocycles. The highest BCUT2D eigenvalue weighted by molar-refractivity contribution is 7.89. The molecule has 0 bridgehead atoms. The van der Waals surface area contributed by atoms with Gasteiger partial charge in [-0.2, -0.15) is 5.10 Å². The van der Waals surface area contributed by atoms with Gasteiger partial charge in [0.2, 0.25) is 10.0 Å². The van der Waals surface area contributed by atoms with E-state index >= 15 is 0 Å². The predicted octanol–water partition coefficient (Wildman–Crippen LogP) is 0.538. The normalized spacial score (nSPS) is 17.5. The SMILES string of the molecule is Cc1nn(C)cc1CNS(=O)(=O)CCC1CCNCC1. The van der Waals surface area contributed by atoms with Crippen LogP contribution in [-0.4, -0.2) is 37.0 Å². The minimum Gasteiger partial charge on any atom is -0.317 e. The molecule has 2 N–H and O–H groups in total. The summed E-state index contributed by atoms with van der Waals surface area (Å²) in [4.78, 5) is 0. The maximum Gasteiger partial charge on any atom is 0.211 e. The molecule has 114 valence electrons. The molecule has 0 unspecified atom stereocenters. The maximum atomic E-state index is 12.0. The van der Waals surface area contributed by atoms with E-state index in [-0.39, 0.29) is 5.75 Å². The highest BCUT2D eigenvalue weighted by Gasteiger charge is 2.18. The Morgan fingerprint density at radius 1 is 1.45 bits per heavy atom. The Kier molecular flexibility index (Phi) is 5.17. The van der Waals surface area contributed by atoms with Crippen LogP contribution in [0.2, 0.25) is 0 Å². The number of aromatic nitrogens is 2. The first kappa shape index (κ1) is 15.5. The van der Waals surface area contributed by atoms with E-state index in [4.69, 9.17) is 0 Å². The molecule has 1 saturated heterocycles. The Bertz CT molecular complexity index is 533. The summed E-state index contributed by atoms with van der Waals surface area (Å²) in [7, 11) is -1.36. The fourth-order valence-corrected chi connectivity index (χ4v) is 3.74. The van der Waals surface area contributed by atoms with E-state index < -0.39 is 10.0 Å². The Balaban J connectivity index is 1.80. The molecule has 1 aromatic heterocycles. The molecule has 2 rings (SSSR count). The van der Waals surface area contributed by atoms with Crippen LogP contribution in [0.5, 0.6) is 0 Å². The second-order valence-corrected chi connectivity index (χ2v) is 7.46. The average molecular weight is 300 g/mol. The smallest absolute Gasteiger partial charge is 0.211 e. The second-order valence-electron chi connectivity index (χ2n) is 5.54. The maximum absolute atomic E-state index is 12.0. The van der Waals surface area contributed by atoms with Crippen molar-refractivity contribution in [2.75, 3.05) is 18.8 Å². The zero-order valence-corrected chi connectivity index (χ0v) is 13.0. The Hall–Kier alpha value is -0.920. The molecule has 1 aliphatic heterocycles. The number of piperidine rings is 1. The van der Waals surface area contributed by atoms with Crippen molar-refractivity contribution >= 4 is 10.0 Å². The van der Waals surface area contributed by atoms with Gasteiger partial charge < -0.3 is 5.32 Å². The van der Waals surface area contributed by atoms with Crippen molar-refractivity contribution < 1.29 is 8.42 Å². The van der Waals surface area contributed by atoms with Crippen molar-refractivity contribution in [1.29, 1.82) is 0 Å². The Labute approximate surface area is 121 Å². The molecular formula is C13H24N4O2S. The number of aryl methyl sites for hydroxylation is 2. The van der Waals surface area contributed by atoms with E-state index in [1.54, 1.807) is 4.68 Å². The van der Waals surface area contributed by atoms with Gasteiger partial charge in [0.25, 0.3) is 0 Å². The second kappa shape index (κ2) is 6.69. The van der Waals surface area contributed by atoms with E-state index in [2.05, 4.69) is 15.1 Å². The first-order valence-electron chi connectivity index (χ1n) is 7.13. The highest BCUT2D eigenvalue weighted by atomic mass is 32.2. The van der Waals surface area contributed by atoms with Gasteiger partial charge in [0.1, 0.15) is 0 Å². The van der Waals surface area contributed by atoms with Crippen LogP contribution in [0.3, 0.4) is 0 Å². The lowest BCUT2D eigenvalue weighted by Crippen LogP contribution is -2.31. The van der Waals surface area contributed by atoms with E-state index in [1.165, 1.54) is 0 Å². The van der Waals surface area contributed by atoms with Gasteiger partial charge in [0.05, 0.1) is 11.4 Å². The van der Waals surface area contributed by atoms with Crippen molar-refractivity contribution in [1.82, 2.24) is 19.8 Å². The van der Waals surface area contributed by atoms with Crippen LogP contribution in [0, 0.1) is 12.8 Å². The molecule has 2 heterocycles. The molecule has 1 fully saturated rings. The number of sulfonamides is 1. The third kappa shape index (κ3) is 4.57. The molecule has 0 aromatic carbocycles. The fraction of sp³-hybridized carbons (Fsp3) is 0.769. The highest BCUT2D eigenvalue weighted by Crippen LogP contribution is 2.16. The summed E-state index contributed by atoms with van der Waals surface area (Å²) < 4.78 is 28.4. The average Bonchev–Trinajstić information content (AvgIpc) is 2.74. The van der Waals surface area contributed by atoms with Gasteiger partial charge in [-0.3, -0.25) is 4.68 Å². The lowest BCUT2D eigenvalue weighted by atomic mass is 9.96. The summed E-state index contributed by atoms with van der Waals surface area (Å²) in [6.45, 7) is 4.23. The van der Waals surface area contributed by atoms with Gasteiger partial charge >= 0.3 is 0 Å². The van der Waals surface area contributed by atoms with Crippen LogP contribution in [0.15, 0.2) is 6.20 Å². The molecule has 1 aromatic rings. The van der Waals surface area contributed by atoms with Crippen LogP contribution in [0.4, 0.5) is 0 Å². The number of nitrogens with one attached hydrogen (secondary N) is 2. The van der Waals surface area contributed by atoms with Crippen molar-refractivity contribution in [2.24, 2.45) is 13.0 Å². The van der Waals surface area contributed by atoms with Gasteiger partial charge in [-0.1, -0.05) is 0 Å². The van der Waals surface area contributed by atoms with E-state index in [1.807, 2.05) is 20.2 Å². The van der Waals surface area contributed by atoms with Gasteiger partial charge in [0, 0.05) is 25.4 Å². The number of nitrogens with zero attached hydrogens (tertiary/aromatic N) is 2. The molecule has 0 amide bonds. The van der Waals surface area contributed by atoms with Crippen LogP contribution in [-0.2, 0) is 23.6 Å². The summed E-state index contributed by atoms with van der Waals surface area (Å²) in [5, 5.41) is 7.50. The van der Waals surface area contributed by atoms with E-state index in [0.29, 0.717) is 12.5 Å². The first-order valence-corrected chi connectivity index (χ1v) is 8.79. The molecule has 1 aliphatic rings. The van der Waals surface area contributed by atoms with Gasteiger partial charge in [-0.15, -0.1) is 0 Å². The molecule has 0 radical (unpaired) electrons. The molecule has 6 nitrogen and oxygen atoms in total. The third-order valence-corrected chi connectivity index (χ3v) is 5.21. The minimum atomic E-state index is -3.19. The molecule has 0 atom stereocenters. The van der Waals surface area contributed by atoms with Gasteiger partial charge in [-0.25, -0.2) is 13.1 Å². The molecule has 0 spiro atoms. The van der Waals surface area contributed by atoms with Crippen molar-refractivity contribution in [2.45, 2.75) is 32.7 Å². The van der Waals surface area contributed by atoms with E-state index in [0.717, 1.165) is 43.6 Å². The lowest BCUT2D eigenvalue weighted by molar-refractivity contribution is 0.365. The quantitative estimate of drug-likeness (QED) is 0.804. The minimum absolute atomic E-state index is 0.219. The number of rotatable bonds is 6. The summed E-state index contributed by atoms with van der Waals surface area (Å²) in [6.07, 6.45) is 4.77. The van der Waals surface area contributed by atoms with E-state index in [9.17, 15) is 8.42 Å². The third-order valence-electron chi connectivity index (χ3n) is 3.85. The van der Waals surface area contributed by atoms with Gasteiger partial charge in [0.15, 0.2) is 0 Å². The zero-order valence-electron chi connectivity index (χ0n) is 12.2. The summed E-state index contributed by atoms with van der Waals surface area (Å²) >= 11 is 0. The molecule has 7 heteroatoms. The van der Waals surface area contributed by atoms with Crippen molar-refractivity contribution in [3.63, 3.8) is 0 Å². The molecular weight excluding hydrogens is 276 g/mol. The topological polar surface area (TPSA) is 76.0 Å². The van der Waals surface area contributed by atoms with Gasteiger partial charge in [-0.05, 0) is 45.2 Å². The Morgan fingerprint density at radius 2 is 2.15 bits per heavy atom. The first-order chi connectivity index (χ1) is 9.46. The summed E-state index contributed by atoms with van der Waals surface area (Å²) in [5.74, 6) is 0.754. The predicted molar refractivity (Wildman–Crippen MR) is 78.8 cm³/mol. The Morgan fingerprint density at radius 3 is 2.75 bits per heavy atom. The standard InChI is InChI=1S/C13H24N4O2S/c1-11-13(10-17(2)16-11)9-15-20(18,19)8-5-12-3-6-14-7-4-12/h10,12,14-15H,3-9H2,1-2H3. The largest absolute Gasteiger partial charge is 0.317 e. The molecule has 20 heavy (non-hydrogen) atoms. The summed E-state index contributed by atoms with van der Waals surface area (Å²) in [6, 6.07) is 0.